The summed E-state index contributed by atoms with van der Waals surface area (Å²) in [5.41, 5.74) is 2.98. The number of aromatic nitrogens is 1. The first-order valence-corrected chi connectivity index (χ1v) is 11.7. The number of benzene rings is 4. The summed E-state index contributed by atoms with van der Waals surface area (Å²) >= 11 is 12.4. The summed E-state index contributed by atoms with van der Waals surface area (Å²) in [6, 6.07) is 19.0. The zero-order valence-electron chi connectivity index (χ0n) is 18.9. The third kappa shape index (κ3) is 5.16. The van der Waals surface area contributed by atoms with Gasteiger partial charge in [0.15, 0.2) is 5.58 Å². The van der Waals surface area contributed by atoms with Crippen LogP contribution in [0.4, 0.5) is 15.8 Å². The molecule has 1 N–H and O–H groups in total. The van der Waals surface area contributed by atoms with Crippen molar-refractivity contribution in [2.75, 3.05) is 0 Å². The van der Waals surface area contributed by atoms with E-state index in [1.165, 1.54) is 30.5 Å². The van der Waals surface area contributed by atoms with Gasteiger partial charge in [0.25, 0.3) is 0 Å². The normalized spacial score (nSPS) is 11.4. The molecule has 10 heteroatoms. The maximum atomic E-state index is 13.4. The molecule has 0 aliphatic rings. The van der Waals surface area contributed by atoms with Crippen LogP contribution in [-0.2, 0) is 6.42 Å². The van der Waals surface area contributed by atoms with Crippen LogP contribution in [0.3, 0.4) is 0 Å². The van der Waals surface area contributed by atoms with Gasteiger partial charge in [-0.15, -0.1) is 0 Å². The molecule has 1 heterocycles. The van der Waals surface area contributed by atoms with Gasteiger partial charge in [-0.25, -0.2) is 9.37 Å². The first-order chi connectivity index (χ1) is 17.8. The highest BCUT2D eigenvalue weighted by Gasteiger charge is 2.19. The van der Waals surface area contributed by atoms with E-state index in [2.05, 4.69) is 9.98 Å². The molecule has 0 amide bonds. The molecule has 0 radical (unpaired) electrons. The van der Waals surface area contributed by atoms with Crippen LogP contribution in [0.15, 0.2) is 82.2 Å². The summed E-state index contributed by atoms with van der Waals surface area (Å²) in [5, 5.41) is 22.8. The molecule has 5 aromatic rings. The number of halogens is 3. The van der Waals surface area contributed by atoms with Gasteiger partial charge in [0.1, 0.15) is 11.3 Å². The molecule has 0 fully saturated rings. The standard InChI is InChI=1S/C27H16Cl2FN3O4/c28-21-4-2-1-3-16(21)9-15-10-17(26(34)24(11-15)33(35)36)14-31-19-6-8-25-23(13-19)32-27(37-25)20-7-5-18(30)12-22(20)29/h1-8,10-14,34H,9H2. The van der Waals surface area contributed by atoms with Gasteiger partial charge in [-0.3, -0.25) is 15.1 Å². The number of aromatic hydroxyl groups is 1. The minimum atomic E-state index is -0.646. The molecule has 0 spiro atoms. The third-order valence-corrected chi connectivity index (χ3v) is 6.30. The van der Waals surface area contributed by atoms with E-state index in [0.29, 0.717) is 39.4 Å². The van der Waals surface area contributed by atoms with E-state index in [-0.39, 0.29) is 16.5 Å². The lowest BCUT2D eigenvalue weighted by atomic mass is 10.0. The third-order valence-electron chi connectivity index (χ3n) is 5.61. The number of phenolic OH excluding ortho intramolecular Hbond substituents is 1. The number of hydrogen-bond acceptors (Lipinski definition) is 6. The van der Waals surface area contributed by atoms with Gasteiger partial charge in [0, 0.05) is 22.9 Å². The van der Waals surface area contributed by atoms with Gasteiger partial charge in [0.2, 0.25) is 11.6 Å². The van der Waals surface area contributed by atoms with E-state index in [4.69, 9.17) is 27.6 Å². The van der Waals surface area contributed by atoms with Crippen molar-refractivity contribution >= 4 is 51.9 Å². The van der Waals surface area contributed by atoms with E-state index in [1.807, 2.05) is 12.1 Å². The lowest BCUT2D eigenvalue weighted by Gasteiger charge is -2.07. The molecule has 0 atom stereocenters. The van der Waals surface area contributed by atoms with Crippen molar-refractivity contribution in [3.63, 3.8) is 0 Å². The second-order valence-electron chi connectivity index (χ2n) is 8.13. The Bertz CT molecular complexity index is 1700. The fourth-order valence-electron chi connectivity index (χ4n) is 3.82. The quantitative estimate of drug-likeness (QED) is 0.135. The van der Waals surface area contributed by atoms with Crippen molar-refractivity contribution in [2.45, 2.75) is 6.42 Å². The molecule has 0 aliphatic heterocycles. The highest BCUT2D eigenvalue weighted by molar-refractivity contribution is 6.33. The summed E-state index contributed by atoms with van der Waals surface area (Å²) in [5.74, 6) is -0.741. The number of nitrogens with zero attached hydrogens (tertiary/aromatic N) is 3. The second-order valence-corrected chi connectivity index (χ2v) is 8.95. The van der Waals surface area contributed by atoms with E-state index in [9.17, 15) is 19.6 Å². The average Bonchev–Trinajstić information content (AvgIpc) is 3.28. The SMILES string of the molecule is O=[N+]([O-])c1cc(Cc2ccccc2Cl)cc(C=Nc2ccc3oc(-c4ccc(F)cc4Cl)nc3c2)c1O. The van der Waals surface area contributed by atoms with Gasteiger partial charge >= 0.3 is 5.69 Å². The second kappa shape index (κ2) is 10.0. The van der Waals surface area contributed by atoms with E-state index in [0.717, 1.165) is 5.56 Å². The first-order valence-electron chi connectivity index (χ1n) is 10.9. The molecule has 0 saturated carbocycles. The van der Waals surface area contributed by atoms with E-state index in [1.54, 1.807) is 36.4 Å². The van der Waals surface area contributed by atoms with Crippen LogP contribution in [-0.4, -0.2) is 21.2 Å². The summed E-state index contributed by atoms with van der Waals surface area (Å²) < 4.78 is 19.1. The summed E-state index contributed by atoms with van der Waals surface area (Å²) in [6.45, 7) is 0. The van der Waals surface area contributed by atoms with Crippen molar-refractivity contribution in [1.82, 2.24) is 4.98 Å². The Kier molecular flexibility index (Phi) is 6.60. The van der Waals surface area contributed by atoms with Crippen LogP contribution < -0.4 is 0 Å². The molecule has 184 valence electrons. The van der Waals surface area contributed by atoms with Gasteiger partial charge in [0.05, 0.1) is 21.2 Å². The lowest BCUT2D eigenvalue weighted by Crippen LogP contribution is -1.97. The van der Waals surface area contributed by atoms with Crippen LogP contribution in [0.2, 0.25) is 10.0 Å². The predicted octanol–water partition coefficient (Wildman–Crippen LogP) is 7.90. The molecular formula is C27H16Cl2FN3O4. The number of aliphatic imine (C=N–C) groups is 1. The van der Waals surface area contributed by atoms with Crippen LogP contribution >= 0.6 is 23.2 Å². The van der Waals surface area contributed by atoms with E-state index >= 15 is 0 Å². The number of rotatable bonds is 6. The van der Waals surface area contributed by atoms with Crippen LogP contribution in [0.5, 0.6) is 5.75 Å². The molecule has 4 aromatic carbocycles. The first kappa shape index (κ1) is 24.4. The molecule has 7 nitrogen and oxygen atoms in total. The maximum Gasteiger partial charge on any atom is 0.311 e. The largest absolute Gasteiger partial charge is 0.502 e. The molecule has 0 bridgehead atoms. The Morgan fingerprint density at radius 3 is 2.62 bits per heavy atom. The Hall–Kier alpha value is -4.27. The number of phenols is 1. The Morgan fingerprint density at radius 2 is 1.86 bits per heavy atom. The number of oxazole rings is 1. The molecular weight excluding hydrogens is 520 g/mol. The number of hydrogen-bond donors (Lipinski definition) is 1. The van der Waals surface area contributed by atoms with Gasteiger partial charge in [-0.1, -0.05) is 41.4 Å². The van der Waals surface area contributed by atoms with Gasteiger partial charge in [-0.05, 0) is 66.1 Å². The number of nitro benzene ring substituents is 1. The molecule has 37 heavy (non-hydrogen) atoms. The van der Waals surface area contributed by atoms with Crippen LogP contribution in [0, 0.1) is 15.9 Å². The smallest absolute Gasteiger partial charge is 0.311 e. The van der Waals surface area contributed by atoms with Crippen molar-refractivity contribution < 1.29 is 18.8 Å². The van der Waals surface area contributed by atoms with Crippen LogP contribution in [0.25, 0.3) is 22.6 Å². The maximum absolute atomic E-state index is 13.4. The highest BCUT2D eigenvalue weighted by Crippen LogP contribution is 2.34. The average molecular weight is 536 g/mol. The lowest BCUT2D eigenvalue weighted by molar-refractivity contribution is -0.385. The summed E-state index contributed by atoms with van der Waals surface area (Å²) in [6.07, 6.45) is 1.68. The fourth-order valence-corrected chi connectivity index (χ4v) is 4.27. The Balaban J connectivity index is 1.48. The van der Waals surface area contributed by atoms with Crippen molar-refractivity contribution in [3.8, 4) is 17.2 Å². The van der Waals surface area contributed by atoms with Gasteiger partial charge in [-0.2, -0.15) is 0 Å². The Labute approximate surface area is 219 Å². The predicted molar refractivity (Wildman–Crippen MR) is 141 cm³/mol. The zero-order chi connectivity index (χ0) is 26.1. The van der Waals surface area contributed by atoms with Crippen LogP contribution in [0.1, 0.15) is 16.7 Å². The highest BCUT2D eigenvalue weighted by atomic mass is 35.5. The minimum absolute atomic E-state index is 0.165. The molecule has 0 unspecified atom stereocenters. The minimum Gasteiger partial charge on any atom is -0.502 e. The fraction of sp³-hybridized carbons (Fsp3) is 0.0370. The van der Waals surface area contributed by atoms with E-state index < -0.39 is 22.2 Å². The number of nitro groups is 1. The van der Waals surface area contributed by atoms with Crippen molar-refractivity contribution in [3.05, 3.63) is 115 Å². The van der Waals surface area contributed by atoms with Crippen molar-refractivity contribution in [2.24, 2.45) is 4.99 Å². The monoisotopic (exact) mass is 535 g/mol. The number of fused-ring (bicyclic) bond motifs is 1. The molecule has 1 aromatic heterocycles. The Morgan fingerprint density at radius 1 is 1.05 bits per heavy atom. The summed E-state index contributed by atoms with van der Waals surface area (Å²) in [7, 11) is 0. The molecule has 5 rings (SSSR count). The summed E-state index contributed by atoms with van der Waals surface area (Å²) in [4.78, 5) is 19.7. The molecule has 0 aliphatic carbocycles. The molecule has 0 saturated heterocycles. The topological polar surface area (TPSA) is 102 Å². The van der Waals surface area contributed by atoms with Crippen molar-refractivity contribution in [1.29, 1.82) is 0 Å². The van der Waals surface area contributed by atoms with Gasteiger partial charge < -0.3 is 9.52 Å². The zero-order valence-corrected chi connectivity index (χ0v) is 20.4.